The Morgan fingerprint density at radius 2 is 1.90 bits per heavy atom. The fourth-order valence-corrected chi connectivity index (χ4v) is 2.52. The molecule has 3 aromatic rings. The van der Waals surface area contributed by atoms with Crippen LogP contribution < -0.4 is 25.6 Å². The third-order valence-corrected chi connectivity index (χ3v) is 3.83. The van der Waals surface area contributed by atoms with Gasteiger partial charge in [-0.1, -0.05) is 6.07 Å². The minimum Gasteiger partial charge on any atom is -0.454 e. The lowest BCUT2D eigenvalue weighted by Gasteiger charge is -2.11. The summed E-state index contributed by atoms with van der Waals surface area (Å²) in [6.07, 6.45) is 2.58. The van der Waals surface area contributed by atoms with E-state index < -0.39 is 16.5 Å². The first-order valence-electron chi connectivity index (χ1n) is 8.25. The summed E-state index contributed by atoms with van der Waals surface area (Å²) in [5, 5.41) is 14.5. The number of rotatable bonds is 6. The Labute approximate surface area is 163 Å². The molecule has 0 aliphatic carbocycles. The van der Waals surface area contributed by atoms with Crippen molar-refractivity contribution in [1.29, 1.82) is 0 Å². The zero-order chi connectivity index (χ0) is 20.2. The smallest absolute Gasteiger partial charge is 0.355 e. The number of nitrogens with one attached hydrogen (secondary N) is 3. The molecule has 0 fully saturated rings. The van der Waals surface area contributed by atoms with Gasteiger partial charge >= 0.3 is 5.69 Å². The highest BCUT2D eigenvalue weighted by molar-refractivity contribution is 5.93. The van der Waals surface area contributed by atoms with Gasteiger partial charge in [0.1, 0.15) is 12.0 Å². The van der Waals surface area contributed by atoms with Gasteiger partial charge < -0.3 is 14.8 Å². The number of hydrogen-bond acceptors (Lipinski definition) is 10. The molecule has 1 amide bonds. The summed E-state index contributed by atoms with van der Waals surface area (Å²) in [7, 11) is 0. The van der Waals surface area contributed by atoms with Crippen LogP contribution in [0.3, 0.4) is 0 Å². The van der Waals surface area contributed by atoms with E-state index in [1.807, 2.05) is 0 Å². The first-order valence-corrected chi connectivity index (χ1v) is 8.25. The molecule has 0 bridgehead atoms. The monoisotopic (exact) mass is 395 g/mol. The van der Waals surface area contributed by atoms with Crippen molar-refractivity contribution in [3.05, 3.63) is 64.7 Å². The normalized spacial score (nSPS) is 11.6. The SMILES string of the molecule is O=C(NNc1ncnc(Nc2ccc3c(c2)OCO3)c1[N+](=O)[O-])c1ccccn1. The molecule has 4 rings (SSSR count). The molecule has 146 valence electrons. The zero-order valence-electron chi connectivity index (χ0n) is 14.7. The van der Waals surface area contributed by atoms with Gasteiger partial charge in [-0.15, -0.1) is 0 Å². The van der Waals surface area contributed by atoms with Crippen molar-refractivity contribution >= 4 is 28.9 Å². The van der Waals surface area contributed by atoms with E-state index in [1.165, 1.54) is 12.3 Å². The minimum atomic E-state index is -0.662. The molecule has 0 saturated heterocycles. The van der Waals surface area contributed by atoms with E-state index >= 15 is 0 Å². The van der Waals surface area contributed by atoms with Crippen molar-refractivity contribution < 1.29 is 19.2 Å². The molecule has 3 N–H and O–H groups in total. The van der Waals surface area contributed by atoms with Crippen LogP contribution in [0.4, 0.5) is 23.0 Å². The molecule has 3 heterocycles. The largest absolute Gasteiger partial charge is 0.454 e. The number of fused-ring (bicyclic) bond motifs is 1. The molecule has 0 spiro atoms. The van der Waals surface area contributed by atoms with Crippen LogP contribution in [0.2, 0.25) is 0 Å². The number of nitro groups is 1. The molecule has 1 aliphatic rings. The molecule has 29 heavy (non-hydrogen) atoms. The highest BCUT2D eigenvalue weighted by Gasteiger charge is 2.24. The Kier molecular flexibility index (Phi) is 4.72. The van der Waals surface area contributed by atoms with Crippen LogP contribution >= 0.6 is 0 Å². The molecule has 0 saturated carbocycles. The number of pyridine rings is 1. The van der Waals surface area contributed by atoms with Gasteiger partial charge in [0.25, 0.3) is 5.91 Å². The quantitative estimate of drug-likeness (QED) is 0.417. The molecule has 1 aromatic carbocycles. The van der Waals surface area contributed by atoms with Crippen LogP contribution in [-0.4, -0.2) is 32.6 Å². The number of amides is 1. The van der Waals surface area contributed by atoms with Crippen molar-refractivity contribution in [2.45, 2.75) is 0 Å². The molecule has 2 aromatic heterocycles. The first-order chi connectivity index (χ1) is 14.1. The van der Waals surface area contributed by atoms with Crippen molar-refractivity contribution in [1.82, 2.24) is 20.4 Å². The number of hydrogen-bond donors (Lipinski definition) is 3. The maximum Gasteiger partial charge on any atom is 0.355 e. The van der Waals surface area contributed by atoms with Gasteiger partial charge in [-0.25, -0.2) is 9.97 Å². The molecule has 0 atom stereocenters. The van der Waals surface area contributed by atoms with E-state index in [1.54, 1.807) is 30.3 Å². The second-order valence-electron chi connectivity index (χ2n) is 5.66. The van der Waals surface area contributed by atoms with Crippen molar-refractivity contribution in [2.75, 3.05) is 17.5 Å². The number of carbonyl (C=O) groups is 1. The van der Waals surface area contributed by atoms with Crippen molar-refractivity contribution in [3.8, 4) is 11.5 Å². The van der Waals surface area contributed by atoms with Gasteiger partial charge in [0.2, 0.25) is 18.4 Å². The summed E-state index contributed by atoms with van der Waals surface area (Å²) >= 11 is 0. The van der Waals surface area contributed by atoms with E-state index in [9.17, 15) is 14.9 Å². The highest BCUT2D eigenvalue weighted by atomic mass is 16.7. The summed E-state index contributed by atoms with van der Waals surface area (Å²) in [5.41, 5.74) is 4.95. The third kappa shape index (κ3) is 3.80. The summed E-state index contributed by atoms with van der Waals surface area (Å²) in [5.74, 6) is 0.236. The van der Waals surface area contributed by atoms with E-state index in [-0.39, 0.29) is 24.1 Å². The average molecular weight is 395 g/mol. The highest BCUT2D eigenvalue weighted by Crippen LogP contribution is 2.36. The summed E-state index contributed by atoms with van der Waals surface area (Å²) in [4.78, 5) is 34.7. The Bertz CT molecular complexity index is 1080. The number of hydrazine groups is 1. The van der Waals surface area contributed by atoms with Crippen LogP contribution in [-0.2, 0) is 0 Å². The fourth-order valence-electron chi connectivity index (χ4n) is 2.52. The van der Waals surface area contributed by atoms with Gasteiger partial charge in [0, 0.05) is 18.0 Å². The number of nitrogens with zero attached hydrogens (tertiary/aromatic N) is 4. The van der Waals surface area contributed by atoms with Gasteiger partial charge in [-0.3, -0.25) is 30.7 Å². The Balaban J connectivity index is 1.56. The molecule has 12 nitrogen and oxygen atoms in total. The summed E-state index contributed by atoms with van der Waals surface area (Å²) in [6.45, 7) is 0.108. The van der Waals surface area contributed by atoms with Crippen LogP contribution in [0.1, 0.15) is 10.5 Å². The van der Waals surface area contributed by atoms with Crippen LogP contribution in [0.5, 0.6) is 11.5 Å². The number of ether oxygens (including phenoxy) is 2. The predicted molar refractivity (Wildman–Crippen MR) is 99.9 cm³/mol. The third-order valence-electron chi connectivity index (χ3n) is 3.83. The summed E-state index contributed by atoms with van der Waals surface area (Å²) in [6, 6.07) is 9.76. The predicted octanol–water partition coefficient (Wildman–Crippen LogP) is 2.01. The first kappa shape index (κ1) is 17.9. The molecular formula is C17H13N7O5. The van der Waals surface area contributed by atoms with E-state index in [2.05, 4.69) is 31.1 Å². The van der Waals surface area contributed by atoms with Crippen molar-refractivity contribution in [3.63, 3.8) is 0 Å². The maximum absolute atomic E-state index is 12.1. The lowest BCUT2D eigenvalue weighted by molar-refractivity contribution is -0.383. The molecular weight excluding hydrogens is 382 g/mol. The Morgan fingerprint density at radius 1 is 1.07 bits per heavy atom. The fraction of sp³-hybridized carbons (Fsp3) is 0.0588. The second-order valence-corrected chi connectivity index (χ2v) is 5.66. The molecule has 0 unspecified atom stereocenters. The van der Waals surface area contributed by atoms with E-state index in [0.717, 1.165) is 6.33 Å². The van der Waals surface area contributed by atoms with Crippen LogP contribution in [0, 0.1) is 10.1 Å². The van der Waals surface area contributed by atoms with Gasteiger partial charge in [0.05, 0.1) is 4.92 Å². The Hall–Kier alpha value is -4.48. The number of carbonyl (C=O) groups excluding carboxylic acids is 1. The molecule has 12 heteroatoms. The second kappa shape index (κ2) is 7.64. The Morgan fingerprint density at radius 3 is 2.69 bits per heavy atom. The molecule has 0 radical (unpaired) electrons. The maximum atomic E-state index is 12.1. The van der Waals surface area contributed by atoms with Gasteiger partial charge in [-0.05, 0) is 24.3 Å². The summed E-state index contributed by atoms with van der Waals surface area (Å²) < 4.78 is 10.5. The zero-order valence-corrected chi connectivity index (χ0v) is 14.7. The van der Waals surface area contributed by atoms with E-state index in [0.29, 0.717) is 17.2 Å². The van der Waals surface area contributed by atoms with Gasteiger partial charge in [-0.2, -0.15) is 0 Å². The topological polar surface area (TPSA) is 153 Å². The lowest BCUT2D eigenvalue weighted by atomic mass is 10.2. The number of benzene rings is 1. The standard InChI is InChI=1S/C17H13N7O5/c25-17(11-3-1-2-6-18-11)23-22-16-14(24(26)27)15(19-8-20-16)21-10-4-5-12-13(7-10)29-9-28-12/h1-8H,9H2,(H,23,25)(H2,19,20,21,22). The average Bonchev–Trinajstić information content (AvgIpc) is 3.20. The number of anilines is 3. The minimum absolute atomic E-state index is 0.0709. The van der Waals surface area contributed by atoms with Crippen molar-refractivity contribution in [2.24, 2.45) is 0 Å². The van der Waals surface area contributed by atoms with Crippen LogP contribution in [0.25, 0.3) is 0 Å². The number of aromatic nitrogens is 3. The van der Waals surface area contributed by atoms with Gasteiger partial charge in [0.15, 0.2) is 11.5 Å². The van der Waals surface area contributed by atoms with Crippen LogP contribution in [0.15, 0.2) is 48.9 Å². The lowest BCUT2D eigenvalue weighted by Crippen LogP contribution is -2.31. The van der Waals surface area contributed by atoms with E-state index in [4.69, 9.17) is 9.47 Å². The molecule has 1 aliphatic heterocycles.